The first kappa shape index (κ1) is 21.5. The Balaban J connectivity index is 1.43. The van der Waals surface area contributed by atoms with E-state index in [0.717, 1.165) is 30.2 Å². The number of fused-ring (bicyclic) bond motifs is 1. The summed E-state index contributed by atoms with van der Waals surface area (Å²) in [6.45, 7) is 2.26. The Morgan fingerprint density at radius 1 is 0.800 bits per heavy atom. The van der Waals surface area contributed by atoms with Crippen molar-refractivity contribution in [2.75, 3.05) is 0 Å². The van der Waals surface area contributed by atoms with E-state index in [0.29, 0.717) is 11.5 Å². The molecule has 2 saturated carbocycles. The van der Waals surface area contributed by atoms with Gasteiger partial charge in [0.15, 0.2) is 0 Å². The van der Waals surface area contributed by atoms with E-state index in [4.69, 9.17) is 0 Å². The van der Waals surface area contributed by atoms with Gasteiger partial charge in [0, 0.05) is 0 Å². The lowest BCUT2D eigenvalue weighted by Gasteiger charge is -2.42. The van der Waals surface area contributed by atoms with Crippen LogP contribution in [0.2, 0.25) is 0 Å². The highest BCUT2D eigenvalue weighted by Gasteiger charge is 2.36. The van der Waals surface area contributed by atoms with Crippen LogP contribution in [0.25, 0.3) is 11.1 Å². The van der Waals surface area contributed by atoms with Crippen LogP contribution in [0.5, 0.6) is 0 Å². The second-order valence-electron chi connectivity index (χ2n) is 9.57. The van der Waals surface area contributed by atoms with Gasteiger partial charge in [0.05, 0.1) is 5.56 Å². The summed E-state index contributed by atoms with van der Waals surface area (Å²) in [5.41, 5.74) is 1.11. The van der Waals surface area contributed by atoms with Crippen LogP contribution in [0.1, 0.15) is 82.6 Å². The van der Waals surface area contributed by atoms with Gasteiger partial charge in [0.2, 0.25) is 0 Å². The Labute approximate surface area is 178 Å². The number of hydrogen-bond acceptors (Lipinski definition) is 0. The summed E-state index contributed by atoms with van der Waals surface area (Å²) < 4.78 is 42.9. The van der Waals surface area contributed by atoms with Gasteiger partial charge in [-0.2, -0.15) is 0 Å². The highest BCUT2D eigenvalue weighted by atomic mass is 19.1. The van der Waals surface area contributed by atoms with Crippen LogP contribution in [0.3, 0.4) is 0 Å². The first-order chi connectivity index (χ1) is 14.5. The fraction of sp³-hybridized carbons (Fsp3) is 0.556. The summed E-state index contributed by atoms with van der Waals surface area (Å²) in [7, 11) is 0. The standard InChI is InChI=1S/C27H33F3/c1-2-3-4-5-18-6-7-21-15-22(9-8-20(21)14-18)23-16-25(29)27(26(30)17-23)19-10-12-24(28)13-11-19/h10-13,16-18,20-22H,2-9,14-15H2,1H3. The maximum absolute atomic E-state index is 14.9. The molecule has 0 saturated heterocycles. The van der Waals surface area contributed by atoms with Crippen LogP contribution in [0.4, 0.5) is 13.2 Å². The molecular formula is C27H33F3. The lowest BCUT2D eigenvalue weighted by atomic mass is 9.63. The third-order valence-electron chi connectivity index (χ3n) is 7.61. The first-order valence-electron chi connectivity index (χ1n) is 11.8. The molecule has 2 aliphatic rings. The zero-order valence-corrected chi connectivity index (χ0v) is 18.0. The summed E-state index contributed by atoms with van der Waals surface area (Å²) in [4.78, 5) is 0. The van der Waals surface area contributed by atoms with Gasteiger partial charge in [-0.05, 0) is 91.2 Å². The molecule has 162 valence electrons. The van der Waals surface area contributed by atoms with Crippen LogP contribution in [0, 0.1) is 35.2 Å². The van der Waals surface area contributed by atoms with E-state index in [2.05, 4.69) is 6.92 Å². The Morgan fingerprint density at radius 2 is 1.47 bits per heavy atom. The minimum absolute atomic E-state index is 0.0555. The zero-order chi connectivity index (χ0) is 21.1. The molecule has 0 heterocycles. The van der Waals surface area contributed by atoms with Crippen molar-refractivity contribution in [1.29, 1.82) is 0 Å². The quantitative estimate of drug-likeness (QED) is 0.415. The van der Waals surface area contributed by atoms with E-state index in [1.165, 1.54) is 87.8 Å². The molecule has 0 aliphatic heterocycles. The van der Waals surface area contributed by atoms with E-state index < -0.39 is 17.5 Å². The third kappa shape index (κ3) is 4.76. The Morgan fingerprint density at radius 3 is 2.17 bits per heavy atom. The molecule has 4 unspecified atom stereocenters. The zero-order valence-electron chi connectivity index (χ0n) is 18.0. The maximum Gasteiger partial charge on any atom is 0.134 e. The average molecular weight is 415 g/mol. The fourth-order valence-corrected chi connectivity index (χ4v) is 5.96. The Kier molecular flexibility index (Phi) is 6.85. The molecule has 4 rings (SSSR count). The van der Waals surface area contributed by atoms with E-state index in [9.17, 15) is 13.2 Å². The number of unbranched alkanes of at least 4 members (excludes halogenated alkanes) is 2. The molecule has 0 N–H and O–H groups in total. The van der Waals surface area contributed by atoms with Crippen LogP contribution in [0.15, 0.2) is 36.4 Å². The number of benzene rings is 2. The van der Waals surface area contributed by atoms with Crippen LogP contribution in [-0.4, -0.2) is 0 Å². The minimum Gasteiger partial charge on any atom is -0.207 e. The molecule has 0 spiro atoms. The molecular weight excluding hydrogens is 381 g/mol. The second-order valence-corrected chi connectivity index (χ2v) is 9.57. The largest absolute Gasteiger partial charge is 0.207 e. The van der Waals surface area contributed by atoms with Crippen molar-refractivity contribution in [2.45, 2.75) is 77.0 Å². The summed E-state index contributed by atoms with van der Waals surface area (Å²) in [6.07, 6.45) is 12.6. The van der Waals surface area contributed by atoms with Crippen molar-refractivity contribution >= 4 is 0 Å². The number of halogens is 3. The molecule has 4 atom stereocenters. The molecule has 2 aromatic carbocycles. The van der Waals surface area contributed by atoms with Crippen molar-refractivity contribution < 1.29 is 13.2 Å². The van der Waals surface area contributed by atoms with Gasteiger partial charge >= 0.3 is 0 Å². The van der Waals surface area contributed by atoms with E-state index in [1.54, 1.807) is 0 Å². The molecule has 0 nitrogen and oxygen atoms in total. The SMILES string of the molecule is CCCCCC1CCC2CC(c3cc(F)c(-c4ccc(F)cc4)c(F)c3)CCC2C1. The maximum atomic E-state index is 14.9. The molecule has 0 amide bonds. The summed E-state index contributed by atoms with van der Waals surface area (Å²) >= 11 is 0. The molecule has 0 aromatic heterocycles. The van der Waals surface area contributed by atoms with Crippen molar-refractivity contribution in [3.63, 3.8) is 0 Å². The Bertz CT molecular complexity index is 819. The van der Waals surface area contributed by atoms with Gasteiger partial charge in [0.1, 0.15) is 17.5 Å². The molecule has 2 aliphatic carbocycles. The van der Waals surface area contributed by atoms with Gasteiger partial charge in [-0.1, -0.05) is 51.2 Å². The predicted molar refractivity (Wildman–Crippen MR) is 117 cm³/mol. The fourth-order valence-electron chi connectivity index (χ4n) is 5.96. The summed E-state index contributed by atoms with van der Waals surface area (Å²) in [5, 5.41) is 0. The van der Waals surface area contributed by atoms with Crippen molar-refractivity contribution in [1.82, 2.24) is 0 Å². The highest BCUT2D eigenvalue weighted by Crippen LogP contribution is 2.48. The molecule has 0 radical (unpaired) electrons. The van der Waals surface area contributed by atoms with E-state index >= 15 is 0 Å². The average Bonchev–Trinajstić information content (AvgIpc) is 2.74. The van der Waals surface area contributed by atoms with Crippen molar-refractivity contribution in [2.24, 2.45) is 17.8 Å². The first-order valence-corrected chi connectivity index (χ1v) is 11.8. The van der Waals surface area contributed by atoms with Crippen LogP contribution < -0.4 is 0 Å². The van der Waals surface area contributed by atoms with Gasteiger partial charge in [-0.25, -0.2) is 13.2 Å². The normalized spacial score (nSPS) is 26.4. The van der Waals surface area contributed by atoms with Gasteiger partial charge in [-0.3, -0.25) is 0 Å². The lowest BCUT2D eigenvalue weighted by Crippen LogP contribution is -2.30. The summed E-state index contributed by atoms with van der Waals surface area (Å²) in [5.74, 6) is 1.14. The highest BCUT2D eigenvalue weighted by molar-refractivity contribution is 5.65. The smallest absolute Gasteiger partial charge is 0.134 e. The molecule has 2 fully saturated rings. The molecule has 2 aromatic rings. The third-order valence-corrected chi connectivity index (χ3v) is 7.61. The van der Waals surface area contributed by atoms with Crippen LogP contribution >= 0.6 is 0 Å². The van der Waals surface area contributed by atoms with Crippen LogP contribution in [-0.2, 0) is 0 Å². The van der Waals surface area contributed by atoms with Gasteiger partial charge < -0.3 is 0 Å². The monoisotopic (exact) mass is 414 g/mol. The number of hydrogen-bond donors (Lipinski definition) is 0. The van der Waals surface area contributed by atoms with E-state index in [1.807, 2.05) is 0 Å². The van der Waals surface area contributed by atoms with Crippen molar-refractivity contribution in [3.05, 3.63) is 59.4 Å². The molecule has 0 bridgehead atoms. The molecule has 3 heteroatoms. The Hall–Kier alpha value is -1.77. The van der Waals surface area contributed by atoms with Gasteiger partial charge in [-0.15, -0.1) is 0 Å². The summed E-state index contributed by atoms with van der Waals surface area (Å²) in [6, 6.07) is 8.37. The number of rotatable bonds is 6. The van der Waals surface area contributed by atoms with Crippen molar-refractivity contribution in [3.8, 4) is 11.1 Å². The predicted octanol–water partition coefficient (Wildman–Crippen LogP) is 8.65. The lowest BCUT2D eigenvalue weighted by molar-refractivity contribution is 0.113. The topological polar surface area (TPSA) is 0 Å². The second kappa shape index (κ2) is 9.58. The van der Waals surface area contributed by atoms with Gasteiger partial charge in [0.25, 0.3) is 0 Å². The molecule has 30 heavy (non-hydrogen) atoms. The van der Waals surface area contributed by atoms with E-state index in [-0.39, 0.29) is 11.5 Å². The minimum atomic E-state index is -0.543.